The Morgan fingerprint density at radius 3 is 2.00 bits per heavy atom. The summed E-state index contributed by atoms with van der Waals surface area (Å²) in [5.74, 6) is 0. The molecule has 0 bridgehead atoms. The van der Waals surface area contributed by atoms with E-state index in [9.17, 15) is 5.21 Å². The van der Waals surface area contributed by atoms with Gasteiger partial charge in [-0.3, -0.25) is 0 Å². The van der Waals surface area contributed by atoms with Crippen molar-refractivity contribution >= 4 is 0 Å². The van der Waals surface area contributed by atoms with Crippen molar-refractivity contribution in [2.45, 2.75) is 38.5 Å². The maximum atomic E-state index is 9.92. The molecule has 0 rings (SSSR count). The molecule has 0 fully saturated rings. The summed E-state index contributed by atoms with van der Waals surface area (Å²) in [6.07, 6.45) is 7.19. The molecule has 0 spiro atoms. The van der Waals surface area contributed by atoms with E-state index in [0.717, 1.165) is 31.4 Å². The predicted molar refractivity (Wildman–Crippen MR) is 46.9 cm³/mol. The Morgan fingerprint density at radius 1 is 0.909 bits per heavy atom. The Balaban J connectivity index is 2.69. The molecule has 0 aliphatic carbocycles. The van der Waals surface area contributed by atoms with Crippen LogP contribution in [-0.2, 0) is 0 Å². The fraction of sp³-hybridized carbons (Fsp3) is 1.00. The van der Waals surface area contributed by atoms with Crippen LogP contribution in [0.25, 0.3) is 0 Å². The van der Waals surface area contributed by atoms with E-state index >= 15 is 0 Å². The molecule has 0 atom stereocenters. The van der Waals surface area contributed by atoms with Gasteiger partial charge in [0.15, 0.2) is 0 Å². The highest BCUT2D eigenvalue weighted by molar-refractivity contribution is 4.44. The third-order valence-corrected chi connectivity index (χ3v) is 1.78. The number of nitrogens with two attached hydrogens (primary N) is 2. The number of unbranched alkanes of at least 4 members (excludes halogenated alkanes) is 5. The summed E-state index contributed by atoms with van der Waals surface area (Å²) in [5.41, 5.74) is 6.34. The van der Waals surface area contributed by atoms with Crippen molar-refractivity contribution in [1.82, 2.24) is 0 Å². The number of hydrogen-bond donors (Lipinski definition) is 2. The fourth-order valence-corrected chi connectivity index (χ4v) is 1.08. The van der Waals surface area contributed by atoms with Crippen LogP contribution in [0.3, 0.4) is 0 Å². The smallest absolute Gasteiger partial charge is 0.0752 e. The summed E-state index contributed by atoms with van der Waals surface area (Å²) in [6.45, 7) is 1.55. The lowest BCUT2D eigenvalue weighted by atomic mass is 10.1. The molecule has 4 N–H and O–H groups in total. The highest BCUT2D eigenvalue weighted by Gasteiger charge is 1.89. The van der Waals surface area contributed by atoms with Gasteiger partial charge in [0.25, 0.3) is 0 Å². The Hall–Kier alpha value is -0.120. The summed E-state index contributed by atoms with van der Waals surface area (Å²) >= 11 is 0. The maximum Gasteiger partial charge on any atom is 0.0752 e. The van der Waals surface area contributed by atoms with Gasteiger partial charge in [0.2, 0.25) is 0 Å². The Bertz CT molecular complexity index is 61.1. The van der Waals surface area contributed by atoms with Crippen LogP contribution in [0.15, 0.2) is 0 Å². The molecular weight excluding hydrogens is 140 g/mol. The van der Waals surface area contributed by atoms with Crippen LogP contribution in [0, 0.1) is 5.21 Å². The summed E-state index contributed by atoms with van der Waals surface area (Å²) in [5, 5.41) is 9.92. The summed E-state index contributed by atoms with van der Waals surface area (Å²) in [4.78, 5) is 0. The summed E-state index contributed by atoms with van der Waals surface area (Å²) in [6, 6.07) is 0. The first-order valence-corrected chi connectivity index (χ1v) is 4.55. The highest BCUT2D eigenvalue weighted by Crippen LogP contribution is 2.03. The third-order valence-electron chi connectivity index (χ3n) is 1.78. The first kappa shape index (κ1) is 10.9. The van der Waals surface area contributed by atoms with Gasteiger partial charge in [0, 0.05) is 0 Å². The molecule has 68 valence electrons. The molecule has 11 heavy (non-hydrogen) atoms. The second-order valence-electron chi connectivity index (χ2n) is 2.87. The quantitative estimate of drug-likeness (QED) is 0.397. The van der Waals surface area contributed by atoms with Crippen molar-refractivity contribution in [3.63, 3.8) is 0 Å². The largest absolute Gasteiger partial charge is 0.636 e. The van der Waals surface area contributed by atoms with Crippen LogP contribution in [0.5, 0.6) is 0 Å². The van der Waals surface area contributed by atoms with Gasteiger partial charge in [-0.15, -0.1) is 0 Å². The molecule has 0 unspecified atom stereocenters. The number of quaternary nitrogens is 1. The Kier molecular flexibility index (Phi) is 9.77. The molecular formula is C8H20N2O. The monoisotopic (exact) mass is 160 g/mol. The van der Waals surface area contributed by atoms with Crippen molar-refractivity contribution in [3.05, 3.63) is 5.21 Å². The standard InChI is InChI=1S/C8H20N2O/c9-7-5-3-1-2-4-6-8-10-11/h1-10H2. The van der Waals surface area contributed by atoms with E-state index in [1.807, 2.05) is 0 Å². The molecule has 0 aromatic carbocycles. The minimum atomic E-state index is 0.733. The van der Waals surface area contributed by atoms with Crippen molar-refractivity contribution in [2.24, 2.45) is 5.73 Å². The molecule has 0 aromatic rings. The van der Waals surface area contributed by atoms with Crippen LogP contribution in [-0.4, -0.2) is 13.1 Å². The minimum absolute atomic E-state index is 0.733. The molecule has 0 heterocycles. The predicted octanol–water partition coefficient (Wildman–Crippen LogP) is 0.347. The van der Waals surface area contributed by atoms with E-state index in [1.54, 1.807) is 0 Å². The number of hydrogen-bond acceptors (Lipinski definition) is 2. The maximum absolute atomic E-state index is 9.92. The lowest BCUT2D eigenvalue weighted by Crippen LogP contribution is -2.77. The summed E-state index contributed by atoms with van der Waals surface area (Å²) < 4.78 is 0. The number of rotatable bonds is 8. The van der Waals surface area contributed by atoms with Gasteiger partial charge in [-0.25, -0.2) is 0 Å². The second-order valence-corrected chi connectivity index (χ2v) is 2.87. The minimum Gasteiger partial charge on any atom is -0.636 e. The molecule has 3 nitrogen and oxygen atoms in total. The normalized spacial score (nSPS) is 10.4. The van der Waals surface area contributed by atoms with Crippen LogP contribution < -0.4 is 11.2 Å². The molecule has 0 aliphatic rings. The van der Waals surface area contributed by atoms with Crippen LogP contribution in [0.4, 0.5) is 0 Å². The van der Waals surface area contributed by atoms with Gasteiger partial charge in [-0.05, 0) is 25.8 Å². The van der Waals surface area contributed by atoms with Gasteiger partial charge < -0.3 is 16.4 Å². The third kappa shape index (κ3) is 9.88. The van der Waals surface area contributed by atoms with E-state index in [4.69, 9.17) is 5.73 Å². The topological polar surface area (TPSA) is 65.7 Å². The Morgan fingerprint density at radius 2 is 1.45 bits per heavy atom. The molecule has 0 amide bonds. The first-order chi connectivity index (χ1) is 5.41. The van der Waals surface area contributed by atoms with Gasteiger partial charge in [-0.1, -0.05) is 19.3 Å². The van der Waals surface area contributed by atoms with Crippen molar-refractivity contribution in [2.75, 3.05) is 13.1 Å². The molecule has 0 saturated heterocycles. The van der Waals surface area contributed by atoms with Crippen molar-refractivity contribution in [3.8, 4) is 0 Å². The van der Waals surface area contributed by atoms with Crippen molar-refractivity contribution < 1.29 is 5.48 Å². The molecule has 3 heteroatoms. The molecule has 0 aromatic heterocycles. The zero-order valence-electron chi connectivity index (χ0n) is 7.22. The molecule has 0 saturated carbocycles. The number of hydroxylamine groups is 1. The van der Waals surface area contributed by atoms with E-state index in [2.05, 4.69) is 0 Å². The van der Waals surface area contributed by atoms with Gasteiger partial charge in [0.1, 0.15) is 0 Å². The van der Waals surface area contributed by atoms with E-state index < -0.39 is 0 Å². The van der Waals surface area contributed by atoms with Gasteiger partial charge >= 0.3 is 0 Å². The van der Waals surface area contributed by atoms with Gasteiger partial charge in [-0.2, -0.15) is 0 Å². The van der Waals surface area contributed by atoms with E-state index in [-0.39, 0.29) is 0 Å². The highest BCUT2D eigenvalue weighted by atomic mass is 16.5. The van der Waals surface area contributed by atoms with Crippen LogP contribution >= 0.6 is 0 Å². The van der Waals surface area contributed by atoms with Crippen LogP contribution in [0.1, 0.15) is 38.5 Å². The SMILES string of the molecule is NCCCCCCCC[NH2+][O-]. The molecule has 0 aliphatic heterocycles. The lowest BCUT2D eigenvalue weighted by Gasteiger charge is -2.01. The van der Waals surface area contributed by atoms with Gasteiger partial charge in [0.05, 0.1) is 6.54 Å². The Labute approximate surface area is 68.9 Å². The average molecular weight is 160 g/mol. The molecule has 0 radical (unpaired) electrons. The zero-order valence-corrected chi connectivity index (χ0v) is 7.22. The first-order valence-electron chi connectivity index (χ1n) is 4.55. The van der Waals surface area contributed by atoms with Crippen LogP contribution in [0.2, 0.25) is 0 Å². The zero-order chi connectivity index (χ0) is 8.36. The fourth-order valence-electron chi connectivity index (χ4n) is 1.08. The lowest BCUT2D eigenvalue weighted by molar-refractivity contribution is -0.589. The van der Waals surface area contributed by atoms with Crippen molar-refractivity contribution in [1.29, 1.82) is 0 Å². The van der Waals surface area contributed by atoms with E-state index in [1.165, 1.54) is 25.7 Å². The summed E-state index contributed by atoms with van der Waals surface area (Å²) in [7, 11) is 0. The second kappa shape index (κ2) is 9.88. The van der Waals surface area contributed by atoms with E-state index in [0.29, 0.717) is 0 Å². The average Bonchev–Trinajstić information content (AvgIpc) is 2.03.